The largest absolute Gasteiger partial charge is 0.449 e. The Morgan fingerprint density at radius 2 is 1.86 bits per heavy atom. The lowest BCUT2D eigenvalue weighted by Crippen LogP contribution is -2.43. The molecule has 0 unspecified atom stereocenters. The summed E-state index contributed by atoms with van der Waals surface area (Å²) in [5.74, 6) is -0.719. The minimum atomic E-state index is -0.881. The number of aromatic nitrogens is 1. The number of carbonyl (C=O) groups excluding carboxylic acids is 2. The van der Waals surface area contributed by atoms with Crippen LogP contribution in [0.5, 0.6) is 0 Å². The van der Waals surface area contributed by atoms with Crippen molar-refractivity contribution in [2.45, 2.75) is 39.3 Å². The standard InChI is InChI=1S/C23H22N2O3/c1-14-12-19(18-9-5-6-10-20(18)24-14)23(27)28-16(3)22(26)25-15(2)13-17-8-4-7-11-21(17)25/h4-12,15-16H,13H2,1-3H3/t15-,16+/m0/s1. The summed E-state index contributed by atoms with van der Waals surface area (Å²) in [6.07, 6.45) is -0.0788. The highest BCUT2D eigenvalue weighted by molar-refractivity contribution is 6.05. The maximum Gasteiger partial charge on any atom is 0.339 e. The number of carbonyl (C=O) groups is 2. The predicted octanol–water partition coefficient (Wildman–Crippen LogP) is 4.07. The van der Waals surface area contributed by atoms with Crippen LogP contribution in [0.1, 0.15) is 35.5 Å². The second kappa shape index (κ2) is 7.08. The SMILES string of the molecule is Cc1cc(C(=O)O[C@H](C)C(=O)N2c3ccccc3C[C@@H]2C)c2ccccc2n1. The van der Waals surface area contributed by atoms with Crippen molar-refractivity contribution in [3.05, 3.63) is 71.4 Å². The molecule has 3 aromatic rings. The van der Waals surface area contributed by atoms with Gasteiger partial charge in [0.1, 0.15) is 0 Å². The number of para-hydroxylation sites is 2. The van der Waals surface area contributed by atoms with Gasteiger partial charge in [-0.3, -0.25) is 9.78 Å². The Morgan fingerprint density at radius 3 is 2.68 bits per heavy atom. The maximum absolute atomic E-state index is 13.1. The fraction of sp³-hybridized carbons (Fsp3) is 0.261. The van der Waals surface area contributed by atoms with E-state index >= 15 is 0 Å². The van der Waals surface area contributed by atoms with Crippen molar-refractivity contribution in [3.8, 4) is 0 Å². The van der Waals surface area contributed by atoms with E-state index in [1.165, 1.54) is 0 Å². The topological polar surface area (TPSA) is 59.5 Å². The third-order valence-corrected chi connectivity index (χ3v) is 5.14. The summed E-state index contributed by atoms with van der Waals surface area (Å²) in [5.41, 5.74) is 3.92. The molecular weight excluding hydrogens is 352 g/mol. The van der Waals surface area contributed by atoms with Crippen LogP contribution in [0.4, 0.5) is 5.69 Å². The molecule has 0 saturated carbocycles. The number of aryl methyl sites for hydroxylation is 1. The quantitative estimate of drug-likeness (QED) is 0.649. The molecule has 0 spiro atoms. The molecule has 1 amide bonds. The molecule has 2 heterocycles. The van der Waals surface area contributed by atoms with Crippen molar-refractivity contribution in [2.24, 2.45) is 0 Å². The lowest BCUT2D eigenvalue weighted by Gasteiger charge is -2.26. The van der Waals surface area contributed by atoms with Crippen molar-refractivity contribution in [1.82, 2.24) is 4.98 Å². The molecule has 28 heavy (non-hydrogen) atoms. The van der Waals surface area contributed by atoms with Gasteiger partial charge >= 0.3 is 5.97 Å². The van der Waals surface area contributed by atoms with E-state index in [0.29, 0.717) is 5.56 Å². The summed E-state index contributed by atoms with van der Waals surface area (Å²) >= 11 is 0. The average Bonchev–Trinajstić information content (AvgIpc) is 3.02. The van der Waals surface area contributed by atoms with E-state index in [1.807, 2.05) is 62.4 Å². The van der Waals surface area contributed by atoms with Gasteiger partial charge < -0.3 is 9.64 Å². The Morgan fingerprint density at radius 1 is 1.14 bits per heavy atom. The van der Waals surface area contributed by atoms with Crippen LogP contribution in [0.2, 0.25) is 0 Å². The molecule has 5 heteroatoms. The molecule has 142 valence electrons. The molecule has 0 fully saturated rings. The van der Waals surface area contributed by atoms with Gasteiger partial charge in [-0.2, -0.15) is 0 Å². The van der Waals surface area contributed by atoms with Gasteiger partial charge in [0.2, 0.25) is 0 Å². The molecule has 0 bridgehead atoms. The number of nitrogens with zero attached hydrogens (tertiary/aromatic N) is 2. The first kappa shape index (κ1) is 18.2. The van der Waals surface area contributed by atoms with E-state index in [-0.39, 0.29) is 11.9 Å². The van der Waals surface area contributed by atoms with Gasteiger partial charge in [-0.15, -0.1) is 0 Å². The first-order valence-electron chi connectivity index (χ1n) is 9.44. The third kappa shape index (κ3) is 3.13. The Kier molecular flexibility index (Phi) is 4.59. The second-order valence-electron chi connectivity index (χ2n) is 7.27. The Hall–Kier alpha value is -3.21. The van der Waals surface area contributed by atoms with Gasteiger partial charge in [-0.1, -0.05) is 36.4 Å². The van der Waals surface area contributed by atoms with Crippen molar-refractivity contribution >= 4 is 28.5 Å². The van der Waals surface area contributed by atoms with Gasteiger partial charge in [-0.25, -0.2) is 4.79 Å². The first-order valence-corrected chi connectivity index (χ1v) is 9.44. The molecule has 2 atom stereocenters. The van der Waals surface area contributed by atoms with Gasteiger partial charge in [-0.05, 0) is 51.0 Å². The van der Waals surface area contributed by atoms with Crippen molar-refractivity contribution in [3.63, 3.8) is 0 Å². The minimum Gasteiger partial charge on any atom is -0.449 e. The number of benzene rings is 2. The Balaban J connectivity index is 1.58. The molecular formula is C23H22N2O3. The molecule has 0 N–H and O–H groups in total. The molecule has 0 saturated heterocycles. The lowest BCUT2D eigenvalue weighted by molar-refractivity contribution is -0.126. The number of rotatable bonds is 3. The zero-order valence-corrected chi connectivity index (χ0v) is 16.2. The van der Waals surface area contributed by atoms with Crippen molar-refractivity contribution in [1.29, 1.82) is 0 Å². The lowest BCUT2D eigenvalue weighted by atomic mass is 10.1. The number of hydrogen-bond donors (Lipinski definition) is 0. The van der Waals surface area contributed by atoms with Crippen LogP contribution < -0.4 is 4.90 Å². The zero-order chi connectivity index (χ0) is 19.8. The summed E-state index contributed by atoms with van der Waals surface area (Å²) in [4.78, 5) is 32.1. The highest BCUT2D eigenvalue weighted by Gasteiger charge is 2.34. The fourth-order valence-electron chi connectivity index (χ4n) is 3.85. The molecule has 1 aliphatic heterocycles. The third-order valence-electron chi connectivity index (χ3n) is 5.14. The summed E-state index contributed by atoms with van der Waals surface area (Å²) < 4.78 is 5.58. The molecule has 1 aliphatic rings. The van der Waals surface area contributed by atoms with Crippen LogP contribution in [0.3, 0.4) is 0 Å². The van der Waals surface area contributed by atoms with Crippen LogP contribution in [0, 0.1) is 6.92 Å². The van der Waals surface area contributed by atoms with Gasteiger partial charge in [0.15, 0.2) is 6.10 Å². The normalized spacial score (nSPS) is 16.7. The highest BCUT2D eigenvalue weighted by Crippen LogP contribution is 2.32. The van der Waals surface area contributed by atoms with Gasteiger partial charge in [0, 0.05) is 22.8 Å². The van der Waals surface area contributed by atoms with Crippen LogP contribution in [-0.2, 0) is 16.0 Å². The van der Waals surface area contributed by atoms with Crippen molar-refractivity contribution < 1.29 is 14.3 Å². The number of ether oxygens (including phenoxy) is 1. The second-order valence-corrected chi connectivity index (χ2v) is 7.27. The average molecular weight is 374 g/mol. The number of hydrogen-bond acceptors (Lipinski definition) is 4. The monoisotopic (exact) mass is 374 g/mol. The van der Waals surface area contributed by atoms with Crippen LogP contribution in [-0.4, -0.2) is 29.0 Å². The first-order chi connectivity index (χ1) is 13.5. The van der Waals surface area contributed by atoms with E-state index in [2.05, 4.69) is 4.98 Å². The number of pyridine rings is 1. The smallest absolute Gasteiger partial charge is 0.339 e. The van der Waals surface area contributed by atoms with E-state index < -0.39 is 12.1 Å². The Labute approximate surface area is 163 Å². The van der Waals surface area contributed by atoms with Gasteiger partial charge in [0.25, 0.3) is 5.91 Å². The van der Waals surface area contributed by atoms with Crippen molar-refractivity contribution in [2.75, 3.05) is 4.90 Å². The predicted molar refractivity (Wildman–Crippen MR) is 108 cm³/mol. The molecule has 0 radical (unpaired) electrons. The molecule has 2 aromatic carbocycles. The van der Waals surface area contributed by atoms with Gasteiger partial charge in [0.05, 0.1) is 11.1 Å². The van der Waals surface area contributed by atoms with E-state index in [0.717, 1.165) is 34.3 Å². The highest BCUT2D eigenvalue weighted by atomic mass is 16.5. The summed E-state index contributed by atoms with van der Waals surface area (Å²) in [7, 11) is 0. The van der Waals surface area contributed by atoms with Crippen LogP contribution in [0.15, 0.2) is 54.6 Å². The summed E-state index contributed by atoms with van der Waals surface area (Å²) in [6, 6.07) is 17.0. The summed E-state index contributed by atoms with van der Waals surface area (Å²) in [5, 5.41) is 0.720. The maximum atomic E-state index is 13.1. The van der Waals surface area contributed by atoms with Crippen LogP contribution >= 0.6 is 0 Å². The van der Waals surface area contributed by atoms with Crippen LogP contribution in [0.25, 0.3) is 10.9 Å². The number of esters is 1. The number of amides is 1. The molecule has 1 aromatic heterocycles. The number of anilines is 1. The van der Waals surface area contributed by atoms with E-state index in [4.69, 9.17) is 4.74 Å². The van der Waals surface area contributed by atoms with E-state index in [1.54, 1.807) is 17.9 Å². The minimum absolute atomic E-state index is 0.0371. The fourth-order valence-corrected chi connectivity index (χ4v) is 3.85. The zero-order valence-electron chi connectivity index (χ0n) is 16.2. The molecule has 4 rings (SSSR count). The summed E-state index contributed by atoms with van der Waals surface area (Å²) in [6.45, 7) is 5.47. The van der Waals surface area contributed by atoms with E-state index in [9.17, 15) is 9.59 Å². The Bertz CT molecular complexity index is 1080. The number of fused-ring (bicyclic) bond motifs is 2. The molecule has 5 nitrogen and oxygen atoms in total. The molecule has 0 aliphatic carbocycles.